The van der Waals surface area contributed by atoms with E-state index in [9.17, 15) is 0 Å². The first-order chi connectivity index (χ1) is 10.0. The fourth-order valence-corrected chi connectivity index (χ4v) is 3.45. The van der Waals surface area contributed by atoms with Gasteiger partial charge in [0.05, 0.1) is 0 Å². The summed E-state index contributed by atoms with van der Waals surface area (Å²) in [6.07, 6.45) is 2.26. The highest BCUT2D eigenvalue weighted by atomic mass is 15.2. The van der Waals surface area contributed by atoms with Crippen molar-refractivity contribution in [3.63, 3.8) is 0 Å². The molecule has 120 valence electrons. The third-order valence-corrected chi connectivity index (χ3v) is 5.09. The number of hydrogen-bond acceptors (Lipinski definition) is 2. The molecule has 2 atom stereocenters. The molecule has 0 aliphatic carbocycles. The molecule has 2 nitrogen and oxygen atoms in total. The number of rotatable bonds is 9. The molecule has 0 saturated carbocycles. The number of likely N-dealkylation sites (N-methyl/N-ethyl adjacent to an activating group) is 2. The monoisotopic (exact) mass is 290 g/mol. The van der Waals surface area contributed by atoms with Crippen molar-refractivity contribution in [1.29, 1.82) is 0 Å². The van der Waals surface area contributed by atoms with E-state index in [-0.39, 0.29) is 5.54 Å². The van der Waals surface area contributed by atoms with Crippen molar-refractivity contribution in [2.45, 2.75) is 66.0 Å². The molecular weight excluding hydrogens is 256 g/mol. The molecule has 1 rings (SSSR count). The van der Waals surface area contributed by atoms with Gasteiger partial charge in [-0.25, -0.2) is 0 Å². The van der Waals surface area contributed by atoms with E-state index in [2.05, 4.69) is 76.0 Å². The van der Waals surface area contributed by atoms with E-state index in [1.165, 1.54) is 11.1 Å². The second kappa shape index (κ2) is 8.55. The Bertz CT molecular complexity index is 412. The van der Waals surface area contributed by atoms with Gasteiger partial charge >= 0.3 is 0 Å². The summed E-state index contributed by atoms with van der Waals surface area (Å²) < 4.78 is 0. The van der Waals surface area contributed by atoms with Gasteiger partial charge in [-0.05, 0) is 57.5 Å². The third-order valence-electron chi connectivity index (χ3n) is 5.09. The van der Waals surface area contributed by atoms with Crippen molar-refractivity contribution in [3.05, 3.63) is 35.4 Å². The molecule has 0 aromatic heterocycles. The number of aryl methyl sites for hydroxylation is 1. The zero-order valence-corrected chi connectivity index (χ0v) is 14.9. The van der Waals surface area contributed by atoms with Gasteiger partial charge < -0.3 is 5.32 Å². The van der Waals surface area contributed by atoms with Crippen LogP contribution in [0.1, 0.15) is 52.2 Å². The van der Waals surface area contributed by atoms with E-state index in [0.29, 0.717) is 6.04 Å². The quantitative estimate of drug-likeness (QED) is 0.739. The number of nitrogens with zero attached hydrogens (tertiary/aromatic N) is 1. The van der Waals surface area contributed by atoms with Crippen LogP contribution in [0.4, 0.5) is 0 Å². The molecule has 1 aromatic carbocycles. The molecule has 0 fully saturated rings. The van der Waals surface area contributed by atoms with Crippen LogP contribution < -0.4 is 5.32 Å². The minimum absolute atomic E-state index is 0.196. The lowest BCUT2D eigenvalue weighted by Gasteiger charge is -2.46. The fraction of sp³-hybridized carbons (Fsp3) is 0.684. The first-order valence-corrected chi connectivity index (χ1v) is 8.56. The van der Waals surface area contributed by atoms with Crippen LogP contribution in [0.15, 0.2) is 24.3 Å². The maximum Gasteiger partial charge on any atom is 0.0334 e. The van der Waals surface area contributed by atoms with Crippen LogP contribution >= 0.6 is 0 Å². The summed E-state index contributed by atoms with van der Waals surface area (Å²) in [6.45, 7) is 17.0. The standard InChI is InChI=1S/C19H34N2/c1-7-19(6,21(9-3)10-4)18(20-8-2)15-17-14-12-11-13-16(17)5/h11-14,18,20H,7-10,15H2,1-6H3. The second-order valence-electron chi connectivity index (χ2n) is 6.12. The molecule has 2 unspecified atom stereocenters. The highest BCUT2D eigenvalue weighted by Gasteiger charge is 2.36. The van der Waals surface area contributed by atoms with Crippen LogP contribution in [0.2, 0.25) is 0 Å². The van der Waals surface area contributed by atoms with Gasteiger partial charge in [-0.2, -0.15) is 0 Å². The number of nitrogens with one attached hydrogen (secondary N) is 1. The lowest BCUT2D eigenvalue weighted by molar-refractivity contribution is 0.0706. The van der Waals surface area contributed by atoms with Crippen LogP contribution in [0, 0.1) is 6.92 Å². The molecule has 1 aromatic rings. The Labute approximate surface area is 131 Å². The molecule has 1 N–H and O–H groups in total. The first-order valence-electron chi connectivity index (χ1n) is 8.56. The summed E-state index contributed by atoms with van der Waals surface area (Å²) in [5.41, 5.74) is 3.07. The molecule has 0 aliphatic heterocycles. The van der Waals surface area contributed by atoms with Crippen LogP contribution in [0.3, 0.4) is 0 Å². The lowest BCUT2D eigenvalue weighted by atomic mass is 9.82. The summed E-state index contributed by atoms with van der Waals surface area (Å²) in [4.78, 5) is 2.61. The van der Waals surface area contributed by atoms with Crippen molar-refractivity contribution >= 4 is 0 Å². The van der Waals surface area contributed by atoms with Crippen LogP contribution in [-0.4, -0.2) is 36.1 Å². The molecule has 0 spiro atoms. The van der Waals surface area contributed by atoms with E-state index >= 15 is 0 Å². The largest absolute Gasteiger partial charge is 0.312 e. The molecule has 0 bridgehead atoms. The van der Waals surface area contributed by atoms with Gasteiger partial charge in [0.2, 0.25) is 0 Å². The summed E-state index contributed by atoms with van der Waals surface area (Å²) in [5.74, 6) is 0. The molecule has 2 heteroatoms. The Morgan fingerprint density at radius 1 is 1.10 bits per heavy atom. The molecule has 21 heavy (non-hydrogen) atoms. The zero-order chi connectivity index (χ0) is 15.9. The van der Waals surface area contributed by atoms with Gasteiger partial charge in [0.1, 0.15) is 0 Å². The van der Waals surface area contributed by atoms with E-state index in [0.717, 1.165) is 32.5 Å². The van der Waals surface area contributed by atoms with Crippen molar-refractivity contribution in [2.75, 3.05) is 19.6 Å². The predicted octanol–water partition coefficient (Wildman–Crippen LogP) is 4.03. The van der Waals surface area contributed by atoms with Crippen LogP contribution in [0.5, 0.6) is 0 Å². The van der Waals surface area contributed by atoms with Crippen molar-refractivity contribution in [2.24, 2.45) is 0 Å². The maximum atomic E-state index is 3.76. The van der Waals surface area contributed by atoms with Crippen LogP contribution in [-0.2, 0) is 6.42 Å². The van der Waals surface area contributed by atoms with E-state index in [1.807, 2.05) is 0 Å². The predicted molar refractivity (Wildman–Crippen MR) is 94.0 cm³/mol. The molecule has 0 heterocycles. The van der Waals surface area contributed by atoms with Gasteiger partial charge in [0.15, 0.2) is 0 Å². The SMILES string of the molecule is CCNC(Cc1ccccc1C)C(C)(CC)N(CC)CC. The molecule has 0 aliphatic rings. The summed E-state index contributed by atoms with van der Waals surface area (Å²) in [7, 11) is 0. The third kappa shape index (κ3) is 4.31. The van der Waals surface area contributed by atoms with Gasteiger partial charge in [-0.1, -0.05) is 52.0 Å². The Morgan fingerprint density at radius 2 is 1.71 bits per heavy atom. The van der Waals surface area contributed by atoms with Crippen molar-refractivity contribution in [3.8, 4) is 0 Å². The van der Waals surface area contributed by atoms with Gasteiger partial charge in [-0.3, -0.25) is 4.90 Å². The minimum atomic E-state index is 0.196. The Kier molecular flexibility index (Phi) is 7.41. The normalized spacial score (nSPS) is 16.0. The smallest absolute Gasteiger partial charge is 0.0334 e. The summed E-state index contributed by atoms with van der Waals surface area (Å²) >= 11 is 0. The number of benzene rings is 1. The fourth-order valence-electron chi connectivity index (χ4n) is 3.45. The summed E-state index contributed by atoms with van der Waals surface area (Å²) in [6, 6.07) is 9.27. The zero-order valence-electron chi connectivity index (χ0n) is 14.9. The van der Waals surface area contributed by atoms with Crippen molar-refractivity contribution in [1.82, 2.24) is 10.2 Å². The van der Waals surface area contributed by atoms with Crippen LogP contribution in [0.25, 0.3) is 0 Å². The highest BCUT2D eigenvalue weighted by molar-refractivity contribution is 5.27. The Balaban J connectivity index is 3.05. The van der Waals surface area contributed by atoms with Gasteiger partial charge in [-0.15, -0.1) is 0 Å². The lowest BCUT2D eigenvalue weighted by Crippen LogP contribution is -2.60. The highest BCUT2D eigenvalue weighted by Crippen LogP contribution is 2.27. The minimum Gasteiger partial charge on any atom is -0.312 e. The second-order valence-corrected chi connectivity index (χ2v) is 6.12. The van der Waals surface area contributed by atoms with Gasteiger partial charge in [0.25, 0.3) is 0 Å². The Hall–Kier alpha value is -0.860. The van der Waals surface area contributed by atoms with E-state index in [4.69, 9.17) is 0 Å². The van der Waals surface area contributed by atoms with Gasteiger partial charge in [0, 0.05) is 11.6 Å². The average molecular weight is 290 g/mol. The Morgan fingerprint density at radius 3 is 2.19 bits per heavy atom. The molecule has 0 saturated heterocycles. The average Bonchev–Trinajstić information content (AvgIpc) is 2.49. The number of hydrogen-bond donors (Lipinski definition) is 1. The van der Waals surface area contributed by atoms with Crippen molar-refractivity contribution < 1.29 is 0 Å². The van der Waals surface area contributed by atoms with E-state index < -0.39 is 0 Å². The topological polar surface area (TPSA) is 15.3 Å². The first kappa shape index (κ1) is 18.2. The maximum absolute atomic E-state index is 3.76. The van der Waals surface area contributed by atoms with E-state index in [1.54, 1.807) is 0 Å². The molecule has 0 radical (unpaired) electrons. The summed E-state index contributed by atoms with van der Waals surface area (Å²) in [5, 5.41) is 3.76. The molecule has 0 amide bonds. The molecular formula is C19H34N2.